The number of hydrogen-bond acceptors (Lipinski definition) is 4. The number of carbonyl (C=O) groups is 2. The summed E-state index contributed by atoms with van der Waals surface area (Å²) in [7, 11) is -4.00. The Morgan fingerprint density at radius 2 is 1.78 bits per heavy atom. The standard InChI is InChI=1S/C17H17F2N3O4S/c1-10(17(24)21-12-5-3-4-11(8-12)16(20)23)22(27(2,25)26)13-6-7-14(18)15(19)9-13/h3-10H,1-2H3,(H2,20,23)(H,21,24). The number of nitrogens with two attached hydrogens (primary N) is 1. The van der Waals surface area contributed by atoms with Crippen LogP contribution in [0.25, 0.3) is 0 Å². The molecule has 2 rings (SSSR count). The highest BCUT2D eigenvalue weighted by Crippen LogP contribution is 2.24. The van der Waals surface area contributed by atoms with Crippen LogP contribution in [0.15, 0.2) is 42.5 Å². The van der Waals surface area contributed by atoms with E-state index in [9.17, 15) is 26.8 Å². The van der Waals surface area contributed by atoms with Gasteiger partial charge in [-0.15, -0.1) is 0 Å². The minimum absolute atomic E-state index is 0.154. The van der Waals surface area contributed by atoms with Gasteiger partial charge in [-0.1, -0.05) is 6.07 Å². The highest BCUT2D eigenvalue weighted by atomic mass is 32.2. The van der Waals surface area contributed by atoms with Crippen LogP contribution in [0.3, 0.4) is 0 Å². The van der Waals surface area contributed by atoms with Crippen LogP contribution in [-0.2, 0) is 14.8 Å². The first kappa shape index (κ1) is 20.3. The van der Waals surface area contributed by atoms with Crippen LogP contribution in [0.2, 0.25) is 0 Å². The summed E-state index contributed by atoms with van der Waals surface area (Å²) in [5.41, 5.74) is 5.35. The number of nitrogens with one attached hydrogen (secondary N) is 1. The lowest BCUT2D eigenvalue weighted by molar-refractivity contribution is -0.116. The van der Waals surface area contributed by atoms with Crippen molar-refractivity contribution in [2.75, 3.05) is 15.9 Å². The van der Waals surface area contributed by atoms with Crippen molar-refractivity contribution < 1.29 is 26.8 Å². The van der Waals surface area contributed by atoms with Crippen LogP contribution in [0.4, 0.5) is 20.2 Å². The van der Waals surface area contributed by atoms with E-state index in [1.807, 2.05) is 0 Å². The first-order valence-corrected chi connectivity index (χ1v) is 9.50. The van der Waals surface area contributed by atoms with E-state index < -0.39 is 39.5 Å². The fourth-order valence-electron chi connectivity index (χ4n) is 2.43. The van der Waals surface area contributed by atoms with Crippen molar-refractivity contribution in [1.82, 2.24) is 0 Å². The van der Waals surface area contributed by atoms with E-state index in [0.717, 1.165) is 18.4 Å². The Hall–Kier alpha value is -3.01. The Labute approximate surface area is 154 Å². The minimum atomic E-state index is -4.00. The Morgan fingerprint density at radius 1 is 1.11 bits per heavy atom. The average Bonchev–Trinajstić information content (AvgIpc) is 2.57. The highest BCUT2D eigenvalue weighted by molar-refractivity contribution is 7.92. The molecule has 0 bridgehead atoms. The van der Waals surface area contributed by atoms with Gasteiger partial charge in [-0.25, -0.2) is 17.2 Å². The number of rotatable bonds is 6. The van der Waals surface area contributed by atoms with Gasteiger partial charge in [-0.3, -0.25) is 13.9 Å². The van der Waals surface area contributed by atoms with E-state index in [4.69, 9.17) is 5.73 Å². The Morgan fingerprint density at radius 3 is 2.33 bits per heavy atom. The summed E-state index contributed by atoms with van der Waals surface area (Å²) in [5.74, 6) is -3.83. The van der Waals surface area contributed by atoms with Crippen LogP contribution in [0.1, 0.15) is 17.3 Å². The second-order valence-electron chi connectivity index (χ2n) is 5.77. The molecule has 1 atom stereocenters. The number of primary amides is 1. The van der Waals surface area contributed by atoms with Gasteiger partial charge in [0.15, 0.2) is 11.6 Å². The molecule has 7 nitrogen and oxygen atoms in total. The summed E-state index contributed by atoms with van der Waals surface area (Å²) in [6.07, 6.45) is 0.839. The molecule has 10 heteroatoms. The number of nitrogens with zero attached hydrogens (tertiary/aromatic N) is 1. The highest BCUT2D eigenvalue weighted by Gasteiger charge is 2.30. The largest absolute Gasteiger partial charge is 0.366 e. The van der Waals surface area contributed by atoms with Crippen molar-refractivity contribution in [1.29, 1.82) is 0 Å². The molecular weight excluding hydrogens is 380 g/mol. The molecule has 0 radical (unpaired) electrons. The van der Waals surface area contributed by atoms with E-state index in [-0.39, 0.29) is 16.9 Å². The topological polar surface area (TPSA) is 110 Å². The van der Waals surface area contributed by atoms with Gasteiger partial charge >= 0.3 is 0 Å². The number of halogens is 2. The molecule has 0 aliphatic rings. The average molecular weight is 397 g/mol. The number of carbonyl (C=O) groups excluding carboxylic acids is 2. The van der Waals surface area contributed by atoms with Crippen LogP contribution in [0, 0.1) is 11.6 Å². The third-order valence-corrected chi connectivity index (χ3v) is 4.90. The quantitative estimate of drug-likeness (QED) is 0.775. The molecule has 0 aliphatic heterocycles. The molecule has 3 N–H and O–H groups in total. The molecule has 0 aromatic heterocycles. The lowest BCUT2D eigenvalue weighted by Gasteiger charge is -2.28. The van der Waals surface area contributed by atoms with Gasteiger partial charge in [0.1, 0.15) is 6.04 Å². The summed E-state index contributed by atoms with van der Waals surface area (Å²) in [6.45, 7) is 1.29. The predicted octanol–water partition coefficient (Wildman–Crippen LogP) is 1.86. The van der Waals surface area contributed by atoms with E-state index in [1.165, 1.54) is 31.2 Å². The zero-order valence-electron chi connectivity index (χ0n) is 14.4. The number of hydrogen-bond donors (Lipinski definition) is 2. The first-order valence-electron chi connectivity index (χ1n) is 7.66. The molecule has 144 valence electrons. The summed E-state index contributed by atoms with van der Waals surface area (Å²) in [5, 5.41) is 2.46. The zero-order chi connectivity index (χ0) is 20.4. The fraction of sp³-hybridized carbons (Fsp3) is 0.176. The molecule has 1 unspecified atom stereocenters. The number of sulfonamides is 1. The van der Waals surface area contributed by atoms with Crippen molar-refractivity contribution in [3.8, 4) is 0 Å². The first-order chi connectivity index (χ1) is 12.5. The Balaban J connectivity index is 2.33. The number of anilines is 2. The SMILES string of the molecule is CC(C(=O)Nc1cccc(C(N)=O)c1)N(c1ccc(F)c(F)c1)S(C)(=O)=O. The lowest BCUT2D eigenvalue weighted by Crippen LogP contribution is -2.45. The van der Waals surface area contributed by atoms with Gasteiger partial charge in [0.2, 0.25) is 21.8 Å². The third kappa shape index (κ3) is 4.79. The maximum atomic E-state index is 13.5. The van der Waals surface area contributed by atoms with Crippen molar-refractivity contribution in [2.45, 2.75) is 13.0 Å². The second kappa shape index (κ2) is 7.70. The van der Waals surface area contributed by atoms with Gasteiger partial charge in [0, 0.05) is 17.3 Å². The van der Waals surface area contributed by atoms with E-state index in [2.05, 4.69) is 5.32 Å². The van der Waals surface area contributed by atoms with Crippen molar-refractivity contribution in [3.05, 3.63) is 59.7 Å². The van der Waals surface area contributed by atoms with Crippen molar-refractivity contribution >= 4 is 33.2 Å². The smallest absolute Gasteiger partial charge is 0.248 e. The molecule has 0 aliphatic carbocycles. The maximum Gasteiger partial charge on any atom is 0.248 e. The van der Waals surface area contributed by atoms with Crippen LogP contribution < -0.4 is 15.4 Å². The maximum absolute atomic E-state index is 13.5. The molecule has 0 saturated heterocycles. The summed E-state index contributed by atoms with van der Waals surface area (Å²) in [4.78, 5) is 23.7. The number of amides is 2. The summed E-state index contributed by atoms with van der Waals surface area (Å²) >= 11 is 0. The predicted molar refractivity (Wildman–Crippen MR) is 96.7 cm³/mol. The molecule has 0 heterocycles. The van der Waals surface area contributed by atoms with Crippen molar-refractivity contribution in [3.63, 3.8) is 0 Å². The Kier molecular flexibility index (Phi) is 5.79. The van der Waals surface area contributed by atoms with Gasteiger partial charge in [0.05, 0.1) is 11.9 Å². The fourth-order valence-corrected chi connectivity index (χ4v) is 3.59. The lowest BCUT2D eigenvalue weighted by atomic mass is 10.2. The molecule has 0 saturated carbocycles. The second-order valence-corrected chi connectivity index (χ2v) is 7.63. The van der Waals surface area contributed by atoms with Crippen LogP contribution in [-0.4, -0.2) is 32.5 Å². The molecule has 2 aromatic rings. The minimum Gasteiger partial charge on any atom is -0.366 e. The summed E-state index contributed by atoms with van der Waals surface area (Å²) in [6, 6.07) is 6.97. The molecule has 0 fully saturated rings. The molecular formula is C17H17F2N3O4S. The number of benzene rings is 2. The van der Waals surface area contributed by atoms with Gasteiger partial charge in [-0.2, -0.15) is 0 Å². The molecule has 2 aromatic carbocycles. The van der Waals surface area contributed by atoms with Crippen LogP contribution in [0.5, 0.6) is 0 Å². The van der Waals surface area contributed by atoms with Crippen LogP contribution >= 0.6 is 0 Å². The Bertz CT molecular complexity index is 995. The van der Waals surface area contributed by atoms with E-state index >= 15 is 0 Å². The monoisotopic (exact) mass is 397 g/mol. The summed E-state index contributed by atoms with van der Waals surface area (Å²) < 4.78 is 51.6. The molecule has 2 amide bonds. The molecule has 27 heavy (non-hydrogen) atoms. The molecule has 0 spiro atoms. The van der Waals surface area contributed by atoms with Gasteiger partial charge in [-0.05, 0) is 37.3 Å². The van der Waals surface area contributed by atoms with E-state index in [0.29, 0.717) is 10.4 Å². The third-order valence-electron chi connectivity index (χ3n) is 3.66. The van der Waals surface area contributed by atoms with Gasteiger partial charge in [0.25, 0.3) is 0 Å². The van der Waals surface area contributed by atoms with Gasteiger partial charge < -0.3 is 11.1 Å². The van der Waals surface area contributed by atoms with E-state index in [1.54, 1.807) is 0 Å². The van der Waals surface area contributed by atoms with Crippen molar-refractivity contribution in [2.24, 2.45) is 5.73 Å². The normalized spacial score (nSPS) is 12.3. The zero-order valence-corrected chi connectivity index (χ0v) is 15.3.